The molecule has 0 aliphatic carbocycles. The highest BCUT2D eigenvalue weighted by Gasteiger charge is 1.97. The molecule has 0 saturated heterocycles. The molecule has 11 heavy (non-hydrogen) atoms. The van der Waals surface area contributed by atoms with E-state index in [1.54, 1.807) is 18.4 Å². The zero-order chi connectivity index (χ0) is 7.68. The maximum atomic E-state index is 12.1. The summed E-state index contributed by atoms with van der Waals surface area (Å²) in [4.78, 5) is 0. The van der Waals surface area contributed by atoms with Crippen LogP contribution in [0.3, 0.4) is 0 Å². The van der Waals surface area contributed by atoms with Crippen molar-refractivity contribution in [2.24, 2.45) is 0 Å². The molecular weight excluding hydrogens is 143 g/mol. The van der Waals surface area contributed by atoms with Crippen LogP contribution in [0.1, 0.15) is 5.56 Å². The Morgan fingerprint density at radius 3 is 3.00 bits per heavy atom. The Bertz CT molecular complexity index is 364. The van der Waals surface area contributed by atoms with Crippen LogP contribution in [0.15, 0.2) is 34.9 Å². The van der Waals surface area contributed by atoms with E-state index in [1.165, 1.54) is 0 Å². The Kier molecular flexibility index (Phi) is 1.39. The Morgan fingerprint density at radius 1 is 1.27 bits per heavy atom. The van der Waals surface area contributed by atoms with Crippen LogP contribution in [0, 0.1) is 0 Å². The minimum absolute atomic E-state index is 0.434. The first-order chi connectivity index (χ1) is 5.40. The molecular formula is C9H7FO. The third kappa shape index (κ3) is 1.00. The van der Waals surface area contributed by atoms with Crippen molar-refractivity contribution in [2.45, 2.75) is 6.67 Å². The van der Waals surface area contributed by atoms with Gasteiger partial charge in [-0.3, -0.25) is 0 Å². The first kappa shape index (κ1) is 6.40. The average Bonchev–Trinajstić information content (AvgIpc) is 2.50. The van der Waals surface area contributed by atoms with E-state index in [2.05, 4.69) is 0 Å². The lowest BCUT2D eigenvalue weighted by Crippen LogP contribution is -1.75. The predicted octanol–water partition coefficient (Wildman–Crippen LogP) is 2.90. The zero-order valence-corrected chi connectivity index (χ0v) is 5.88. The number of halogens is 1. The number of hydrogen-bond acceptors (Lipinski definition) is 1. The molecule has 2 aromatic rings. The highest BCUT2D eigenvalue weighted by atomic mass is 19.1. The van der Waals surface area contributed by atoms with E-state index >= 15 is 0 Å². The molecule has 0 bridgehead atoms. The maximum Gasteiger partial charge on any atom is 0.134 e. The minimum atomic E-state index is -0.434. The molecule has 1 aromatic carbocycles. The van der Waals surface area contributed by atoms with Gasteiger partial charge in [0.25, 0.3) is 0 Å². The normalized spacial score (nSPS) is 10.6. The van der Waals surface area contributed by atoms with Crippen molar-refractivity contribution in [3.8, 4) is 0 Å². The van der Waals surface area contributed by atoms with Crippen LogP contribution in [-0.4, -0.2) is 0 Å². The van der Waals surface area contributed by atoms with Crippen LogP contribution >= 0.6 is 0 Å². The van der Waals surface area contributed by atoms with Crippen LogP contribution in [-0.2, 0) is 6.67 Å². The fourth-order valence-corrected chi connectivity index (χ4v) is 1.08. The van der Waals surface area contributed by atoms with E-state index in [0.29, 0.717) is 5.56 Å². The third-order valence-electron chi connectivity index (χ3n) is 1.67. The summed E-state index contributed by atoms with van der Waals surface area (Å²) in [6, 6.07) is 7.19. The van der Waals surface area contributed by atoms with E-state index in [-0.39, 0.29) is 0 Å². The van der Waals surface area contributed by atoms with E-state index in [9.17, 15) is 4.39 Å². The van der Waals surface area contributed by atoms with Crippen LogP contribution < -0.4 is 0 Å². The molecule has 0 N–H and O–H groups in total. The van der Waals surface area contributed by atoms with Gasteiger partial charge in [0.05, 0.1) is 6.26 Å². The highest BCUT2D eigenvalue weighted by molar-refractivity contribution is 5.77. The quantitative estimate of drug-likeness (QED) is 0.609. The lowest BCUT2D eigenvalue weighted by atomic mass is 10.2. The summed E-state index contributed by atoms with van der Waals surface area (Å²) in [6.45, 7) is -0.434. The second kappa shape index (κ2) is 2.38. The van der Waals surface area contributed by atoms with Crippen molar-refractivity contribution in [2.75, 3.05) is 0 Å². The van der Waals surface area contributed by atoms with E-state index in [0.717, 1.165) is 11.0 Å². The van der Waals surface area contributed by atoms with Crippen LogP contribution in [0.25, 0.3) is 11.0 Å². The molecule has 0 atom stereocenters. The van der Waals surface area contributed by atoms with Gasteiger partial charge >= 0.3 is 0 Å². The molecule has 0 aliphatic rings. The summed E-state index contributed by atoms with van der Waals surface area (Å²) in [7, 11) is 0. The van der Waals surface area contributed by atoms with Gasteiger partial charge in [0, 0.05) is 5.39 Å². The van der Waals surface area contributed by atoms with Gasteiger partial charge in [0.15, 0.2) is 0 Å². The van der Waals surface area contributed by atoms with Crippen molar-refractivity contribution in [1.29, 1.82) is 0 Å². The number of benzene rings is 1. The Morgan fingerprint density at radius 2 is 2.18 bits per heavy atom. The Labute approximate surface area is 63.4 Å². The lowest BCUT2D eigenvalue weighted by molar-refractivity contribution is 0.485. The van der Waals surface area contributed by atoms with E-state index in [1.807, 2.05) is 12.1 Å². The van der Waals surface area contributed by atoms with Gasteiger partial charge < -0.3 is 4.42 Å². The maximum absolute atomic E-state index is 12.1. The van der Waals surface area contributed by atoms with Crippen molar-refractivity contribution in [3.63, 3.8) is 0 Å². The van der Waals surface area contributed by atoms with Gasteiger partial charge in [-0.2, -0.15) is 0 Å². The van der Waals surface area contributed by atoms with Gasteiger partial charge in [0.2, 0.25) is 0 Å². The van der Waals surface area contributed by atoms with E-state index in [4.69, 9.17) is 4.42 Å². The summed E-state index contributed by atoms with van der Waals surface area (Å²) in [5.74, 6) is 0. The molecule has 0 saturated carbocycles. The molecule has 0 fully saturated rings. The molecule has 56 valence electrons. The minimum Gasteiger partial charge on any atom is -0.464 e. The van der Waals surface area contributed by atoms with Gasteiger partial charge in [0.1, 0.15) is 12.3 Å². The van der Waals surface area contributed by atoms with Crippen molar-refractivity contribution < 1.29 is 8.81 Å². The van der Waals surface area contributed by atoms with Crippen molar-refractivity contribution in [1.82, 2.24) is 0 Å². The summed E-state index contributed by atoms with van der Waals surface area (Å²) < 4.78 is 17.2. The second-order valence-corrected chi connectivity index (χ2v) is 2.43. The molecule has 0 amide bonds. The molecule has 2 rings (SSSR count). The average molecular weight is 150 g/mol. The number of furan rings is 1. The zero-order valence-electron chi connectivity index (χ0n) is 5.88. The first-order valence-corrected chi connectivity index (χ1v) is 3.42. The molecule has 0 radical (unpaired) electrons. The second-order valence-electron chi connectivity index (χ2n) is 2.43. The summed E-state index contributed by atoms with van der Waals surface area (Å²) in [6.07, 6.45) is 1.60. The topological polar surface area (TPSA) is 13.1 Å². The molecule has 2 heteroatoms. The SMILES string of the molecule is FCc1ccc2ccoc2c1. The van der Waals surface area contributed by atoms with Gasteiger partial charge in [-0.15, -0.1) is 0 Å². The van der Waals surface area contributed by atoms with E-state index < -0.39 is 6.67 Å². The Balaban J connectivity index is 2.67. The lowest BCUT2D eigenvalue weighted by Gasteiger charge is -1.91. The number of hydrogen-bond donors (Lipinski definition) is 0. The first-order valence-electron chi connectivity index (χ1n) is 3.42. The fraction of sp³-hybridized carbons (Fsp3) is 0.111. The molecule has 1 aromatic heterocycles. The Hall–Kier alpha value is -1.31. The van der Waals surface area contributed by atoms with Gasteiger partial charge in [-0.05, 0) is 17.7 Å². The summed E-state index contributed by atoms with van der Waals surface area (Å²) in [5, 5.41) is 1.02. The number of rotatable bonds is 1. The van der Waals surface area contributed by atoms with Crippen LogP contribution in [0.2, 0.25) is 0 Å². The third-order valence-corrected chi connectivity index (χ3v) is 1.67. The largest absolute Gasteiger partial charge is 0.464 e. The molecule has 1 nitrogen and oxygen atoms in total. The molecule has 0 aliphatic heterocycles. The van der Waals surface area contributed by atoms with Crippen LogP contribution in [0.5, 0.6) is 0 Å². The van der Waals surface area contributed by atoms with Crippen LogP contribution in [0.4, 0.5) is 4.39 Å². The van der Waals surface area contributed by atoms with Crippen molar-refractivity contribution in [3.05, 3.63) is 36.1 Å². The molecule has 0 unspecified atom stereocenters. The smallest absolute Gasteiger partial charge is 0.134 e. The number of fused-ring (bicyclic) bond motifs is 1. The summed E-state index contributed by atoms with van der Waals surface area (Å²) in [5.41, 5.74) is 1.41. The van der Waals surface area contributed by atoms with Gasteiger partial charge in [-0.1, -0.05) is 12.1 Å². The highest BCUT2D eigenvalue weighted by Crippen LogP contribution is 2.17. The fourth-order valence-electron chi connectivity index (χ4n) is 1.08. The molecule has 0 spiro atoms. The van der Waals surface area contributed by atoms with Gasteiger partial charge in [-0.25, -0.2) is 4.39 Å². The predicted molar refractivity (Wildman–Crippen MR) is 41.0 cm³/mol. The monoisotopic (exact) mass is 150 g/mol. The van der Waals surface area contributed by atoms with Crippen molar-refractivity contribution >= 4 is 11.0 Å². The summed E-state index contributed by atoms with van der Waals surface area (Å²) >= 11 is 0. The molecule has 1 heterocycles. The standard InChI is InChI=1S/C9H7FO/c10-6-7-1-2-8-3-4-11-9(8)5-7/h1-5H,6H2. The number of alkyl halides is 1.